The molecule has 0 aromatic heterocycles. The van der Waals surface area contributed by atoms with Gasteiger partial charge < -0.3 is 0 Å². The van der Waals surface area contributed by atoms with Crippen LogP contribution >= 0.6 is 0 Å². The van der Waals surface area contributed by atoms with Crippen LogP contribution < -0.4 is 0 Å². The minimum absolute atomic E-state index is 0.185. The summed E-state index contributed by atoms with van der Waals surface area (Å²) in [4.78, 5) is 9.50. The first-order chi connectivity index (χ1) is 10.5. The van der Waals surface area contributed by atoms with E-state index in [-0.39, 0.29) is 5.54 Å². The third-order valence-corrected chi connectivity index (χ3v) is 6.09. The smallest absolute Gasteiger partial charge is 0.0954 e. The van der Waals surface area contributed by atoms with Crippen LogP contribution in [0.15, 0.2) is 22.1 Å². The molecule has 0 amide bonds. The van der Waals surface area contributed by atoms with Gasteiger partial charge in [-0.25, -0.2) is 4.99 Å². The number of aliphatic imine (C=N–C) groups is 2. The zero-order valence-electron chi connectivity index (χ0n) is 14.0. The molecule has 2 nitrogen and oxygen atoms in total. The Bertz CT molecular complexity index is 606. The molecule has 1 aromatic rings. The molecule has 4 aliphatic carbocycles. The van der Waals surface area contributed by atoms with Crippen molar-refractivity contribution in [1.82, 2.24) is 0 Å². The highest BCUT2D eigenvalue weighted by Crippen LogP contribution is 2.57. The lowest BCUT2D eigenvalue weighted by Crippen LogP contribution is -2.49. The summed E-state index contributed by atoms with van der Waals surface area (Å²) in [7, 11) is 0. The minimum Gasteiger partial charge on any atom is -0.219 e. The molecule has 5 rings (SSSR count). The summed E-state index contributed by atoms with van der Waals surface area (Å²) < 4.78 is 0. The molecule has 0 N–H and O–H groups in total. The Labute approximate surface area is 133 Å². The van der Waals surface area contributed by atoms with Gasteiger partial charge in [-0.2, -0.15) is 4.99 Å². The van der Waals surface area contributed by atoms with Crippen LogP contribution in [-0.2, 0) is 0 Å². The standard InChI is InChI=1S/C20H26N2/c1-13-4-14(2)19(15(3)5-13)21-12-22-20-9-16-6-17(10-20)8-18(7-16)11-20/h4-5,16-18H,6-11H2,1-3H3. The summed E-state index contributed by atoms with van der Waals surface area (Å²) in [5, 5.41) is 0. The van der Waals surface area contributed by atoms with Crippen LogP contribution in [0.1, 0.15) is 55.2 Å². The van der Waals surface area contributed by atoms with Crippen LogP contribution in [0, 0.1) is 38.5 Å². The van der Waals surface area contributed by atoms with Crippen molar-refractivity contribution in [2.45, 2.75) is 64.8 Å². The molecule has 0 saturated heterocycles. The Hall–Kier alpha value is -1.40. The SMILES string of the molecule is Cc1cc(C)c(N=C=NC23CC4CC(CC(C4)C2)C3)c(C)c1. The third kappa shape index (κ3) is 2.44. The van der Waals surface area contributed by atoms with Gasteiger partial charge in [-0.1, -0.05) is 17.7 Å². The second kappa shape index (κ2) is 5.06. The number of nitrogens with zero attached hydrogens (tertiary/aromatic N) is 2. The summed E-state index contributed by atoms with van der Waals surface area (Å²) in [5.41, 5.74) is 4.99. The number of benzene rings is 1. The molecule has 4 bridgehead atoms. The van der Waals surface area contributed by atoms with E-state index in [1.165, 1.54) is 55.2 Å². The molecule has 0 radical (unpaired) electrons. The summed E-state index contributed by atoms with van der Waals surface area (Å²) in [5.74, 6) is 2.79. The third-order valence-electron chi connectivity index (χ3n) is 6.09. The Kier molecular flexibility index (Phi) is 3.27. The van der Waals surface area contributed by atoms with E-state index in [1.807, 2.05) is 0 Å². The molecule has 4 fully saturated rings. The number of rotatable bonds is 2. The second-order valence-corrected chi connectivity index (χ2v) is 8.21. The molecule has 22 heavy (non-hydrogen) atoms. The largest absolute Gasteiger partial charge is 0.219 e. The Morgan fingerprint density at radius 1 is 0.909 bits per heavy atom. The predicted octanol–water partition coefficient (Wildman–Crippen LogP) is 5.39. The van der Waals surface area contributed by atoms with Crippen molar-refractivity contribution in [3.8, 4) is 0 Å². The highest BCUT2D eigenvalue weighted by molar-refractivity contribution is 5.61. The summed E-state index contributed by atoms with van der Waals surface area (Å²) in [6.07, 6.45) is 8.24. The summed E-state index contributed by atoms with van der Waals surface area (Å²) >= 11 is 0. The maximum atomic E-state index is 4.90. The number of aryl methyl sites for hydroxylation is 3. The van der Waals surface area contributed by atoms with Crippen molar-refractivity contribution >= 4 is 11.7 Å². The van der Waals surface area contributed by atoms with Gasteiger partial charge >= 0.3 is 0 Å². The molecule has 0 atom stereocenters. The molecule has 0 spiro atoms. The van der Waals surface area contributed by atoms with E-state index in [1.54, 1.807) is 0 Å². The number of hydrogen-bond acceptors (Lipinski definition) is 2. The van der Waals surface area contributed by atoms with Crippen molar-refractivity contribution < 1.29 is 0 Å². The molecule has 1 aromatic carbocycles. The zero-order chi connectivity index (χ0) is 15.3. The fourth-order valence-corrected chi connectivity index (χ4v) is 5.73. The zero-order valence-corrected chi connectivity index (χ0v) is 14.0. The molecule has 2 heteroatoms. The molecule has 4 saturated carbocycles. The molecule has 0 heterocycles. The van der Waals surface area contributed by atoms with Gasteiger partial charge in [0.05, 0.1) is 17.2 Å². The average Bonchev–Trinajstić information content (AvgIpc) is 2.40. The fraction of sp³-hybridized carbons (Fsp3) is 0.650. The van der Waals surface area contributed by atoms with Crippen molar-refractivity contribution in [3.63, 3.8) is 0 Å². The molecule has 0 unspecified atom stereocenters. The summed E-state index contributed by atoms with van der Waals surface area (Å²) in [6.45, 7) is 6.40. The monoisotopic (exact) mass is 294 g/mol. The Morgan fingerprint density at radius 3 is 1.91 bits per heavy atom. The first-order valence-corrected chi connectivity index (χ1v) is 8.78. The fourth-order valence-electron chi connectivity index (χ4n) is 5.73. The van der Waals surface area contributed by atoms with Crippen molar-refractivity contribution in [3.05, 3.63) is 28.8 Å². The lowest BCUT2D eigenvalue weighted by Gasteiger charge is -2.54. The van der Waals surface area contributed by atoms with E-state index < -0.39 is 0 Å². The lowest BCUT2D eigenvalue weighted by molar-refractivity contribution is 0.00200. The van der Waals surface area contributed by atoms with Gasteiger partial charge in [-0.3, -0.25) is 0 Å². The van der Waals surface area contributed by atoms with Gasteiger partial charge in [-0.05, 0) is 88.2 Å². The van der Waals surface area contributed by atoms with Crippen LogP contribution in [0.4, 0.5) is 5.69 Å². The maximum Gasteiger partial charge on any atom is 0.0954 e. The van der Waals surface area contributed by atoms with Crippen molar-refractivity contribution in [2.24, 2.45) is 27.7 Å². The second-order valence-electron chi connectivity index (χ2n) is 8.21. The van der Waals surface area contributed by atoms with E-state index in [9.17, 15) is 0 Å². The Morgan fingerprint density at radius 2 is 1.41 bits per heavy atom. The topological polar surface area (TPSA) is 24.7 Å². The van der Waals surface area contributed by atoms with E-state index >= 15 is 0 Å². The molecule has 0 aliphatic heterocycles. The van der Waals surface area contributed by atoms with Gasteiger partial charge in [0.1, 0.15) is 0 Å². The van der Waals surface area contributed by atoms with E-state index in [0.29, 0.717) is 0 Å². The first-order valence-electron chi connectivity index (χ1n) is 8.78. The molecular weight excluding hydrogens is 268 g/mol. The van der Waals surface area contributed by atoms with E-state index in [2.05, 4.69) is 43.9 Å². The quantitative estimate of drug-likeness (QED) is 0.654. The van der Waals surface area contributed by atoms with Gasteiger partial charge in [0.25, 0.3) is 0 Å². The molecule has 4 aliphatic rings. The van der Waals surface area contributed by atoms with Crippen LogP contribution in [0.3, 0.4) is 0 Å². The number of hydrogen-bond donors (Lipinski definition) is 0. The normalized spacial score (nSPS) is 35.3. The van der Waals surface area contributed by atoms with Gasteiger partial charge in [0, 0.05) is 0 Å². The highest BCUT2D eigenvalue weighted by atomic mass is 14.9. The first kappa shape index (κ1) is 14.2. The molecule has 116 valence electrons. The van der Waals surface area contributed by atoms with Crippen LogP contribution in [0.5, 0.6) is 0 Å². The maximum absolute atomic E-state index is 4.90. The highest BCUT2D eigenvalue weighted by Gasteiger charge is 2.51. The summed E-state index contributed by atoms with van der Waals surface area (Å²) in [6, 6.07) is 7.50. The van der Waals surface area contributed by atoms with Crippen LogP contribution in [-0.4, -0.2) is 11.5 Å². The van der Waals surface area contributed by atoms with Crippen LogP contribution in [0.25, 0.3) is 0 Å². The van der Waals surface area contributed by atoms with Crippen molar-refractivity contribution in [2.75, 3.05) is 0 Å². The average molecular weight is 294 g/mol. The minimum atomic E-state index is 0.185. The lowest BCUT2D eigenvalue weighted by atomic mass is 9.53. The van der Waals surface area contributed by atoms with Crippen molar-refractivity contribution in [1.29, 1.82) is 0 Å². The molecular formula is C20H26N2. The van der Waals surface area contributed by atoms with Gasteiger partial charge in [0.2, 0.25) is 0 Å². The van der Waals surface area contributed by atoms with E-state index in [4.69, 9.17) is 4.99 Å². The predicted molar refractivity (Wildman–Crippen MR) is 91.1 cm³/mol. The van der Waals surface area contributed by atoms with Crippen LogP contribution in [0.2, 0.25) is 0 Å². The van der Waals surface area contributed by atoms with E-state index in [0.717, 1.165) is 23.4 Å². The van der Waals surface area contributed by atoms with Gasteiger partial charge in [-0.15, -0.1) is 0 Å². The van der Waals surface area contributed by atoms with Gasteiger partial charge in [0.15, 0.2) is 0 Å². The Balaban J connectivity index is 1.62.